The molecule has 18 heavy (non-hydrogen) atoms. The van der Waals surface area contributed by atoms with Gasteiger partial charge in [0.2, 0.25) is 11.8 Å². The van der Waals surface area contributed by atoms with Gasteiger partial charge in [-0.05, 0) is 26.7 Å². The molecule has 1 aliphatic heterocycles. The zero-order chi connectivity index (χ0) is 13.5. The molecule has 1 heterocycles. The topological polar surface area (TPSA) is 87.5 Å². The molecule has 0 aromatic heterocycles. The van der Waals surface area contributed by atoms with Crippen molar-refractivity contribution in [1.29, 1.82) is 0 Å². The number of piperidine rings is 1. The van der Waals surface area contributed by atoms with E-state index in [-0.39, 0.29) is 18.2 Å². The second-order valence-corrected chi connectivity index (χ2v) is 4.97. The zero-order valence-electron chi connectivity index (χ0n) is 11.2. The van der Waals surface area contributed by atoms with Gasteiger partial charge in [0, 0.05) is 25.0 Å². The molecule has 0 spiro atoms. The van der Waals surface area contributed by atoms with Crippen LogP contribution in [0.3, 0.4) is 0 Å². The molecule has 4 N–H and O–H groups in total. The highest BCUT2D eigenvalue weighted by Gasteiger charge is 2.26. The number of nitrogens with two attached hydrogens (primary N) is 1. The van der Waals surface area contributed by atoms with Gasteiger partial charge in [0.05, 0.1) is 6.54 Å². The number of carbonyl (C=O) groups is 2. The molecule has 0 aromatic carbocycles. The van der Waals surface area contributed by atoms with Gasteiger partial charge >= 0.3 is 0 Å². The molecule has 0 saturated carbocycles. The minimum atomic E-state index is -0.269. The van der Waals surface area contributed by atoms with Crippen molar-refractivity contribution in [2.24, 2.45) is 5.84 Å². The van der Waals surface area contributed by atoms with E-state index in [1.165, 1.54) is 6.42 Å². The fourth-order valence-electron chi connectivity index (χ4n) is 2.40. The lowest BCUT2D eigenvalue weighted by molar-refractivity contribution is -0.124. The summed E-state index contributed by atoms with van der Waals surface area (Å²) in [5.41, 5.74) is 2.03. The van der Waals surface area contributed by atoms with E-state index in [4.69, 9.17) is 5.84 Å². The van der Waals surface area contributed by atoms with Crippen molar-refractivity contribution in [3.05, 3.63) is 0 Å². The number of hydrogen-bond donors (Lipinski definition) is 3. The maximum Gasteiger partial charge on any atom is 0.235 e. The fourth-order valence-corrected chi connectivity index (χ4v) is 2.40. The van der Waals surface area contributed by atoms with Crippen LogP contribution in [0.25, 0.3) is 0 Å². The van der Waals surface area contributed by atoms with E-state index in [0.29, 0.717) is 25.2 Å². The summed E-state index contributed by atoms with van der Waals surface area (Å²) < 4.78 is 0. The summed E-state index contributed by atoms with van der Waals surface area (Å²) in [5, 5.41) is 2.74. The molecule has 2 atom stereocenters. The summed E-state index contributed by atoms with van der Waals surface area (Å²) in [6, 6.07) is 0.902. The Hall–Kier alpha value is -1.14. The second kappa shape index (κ2) is 7.33. The van der Waals surface area contributed by atoms with Gasteiger partial charge in [-0.3, -0.25) is 19.9 Å². The monoisotopic (exact) mass is 260 g/mol. The Morgan fingerprint density at radius 3 is 2.39 bits per heavy atom. The number of nitrogens with one attached hydrogen (secondary N) is 2. The molecule has 0 bridgehead atoms. The SMILES string of the molecule is C[13C@@H]1CCC[13C@H]([13CH3])N1CC(=O)[15NH]CCC(=O)NN. The predicted octanol–water partition coefficient (Wildman–Crippen LogP) is -0.254. The molecule has 1 rings (SSSR count). The minimum Gasteiger partial charge on any atom is -0.354 e. The maximum absolute atomic E-state index is 11.8. The van der Waals surface area contributed by atoms with Crippen LogP contribution in [-0.2, 0) is 9.59 Å². The van der Waals surface area contributed by atoms with E-state index >= 15 is 0 Å². The number of likely N-dealkylation sites (tertiary alicyclic amines) is 1. The van der Waals surface area contributed by atoms with Crippen molar-refractivity contribution in [2.45, 2.75) is 51.6 Å². The average molecular weight is 260 g/mol. The molecule has 104 valence electrons. The van der Waals surface area contributed by atoms with Gasteiger partial charge in [-0.1, -0.05) is 6.42 Å². The van der Waals surface area contributed by atoms with E-state index in [1.807, 2.05) is 5.43 Å². The van der Waals surface area contributed by atoms with Crippen molar-refractivity contribution in [2.75, 3.05) is 13.1 Å². The van der Waals surface area contributed by atoms with E-state index in [2.05, 4.69) is 24.1 Å². The Kier molecular flexibility index (Phi) is 6.07. The van der Waals surface area contributed by atoms with Gasteiger partial charge < -0.3 is 5.32 Å². The van der Waals surface area contributed by atoms with Crippen LogP contribution in [0.1, 0.15) is 39.5 Å². The Labute approximate surface area is 108 Å². The summed E-state index contributed by atoms with van der Waals surface area (Å²) in [4.78, 5) is 24.9. The molecule has 0 radical (unpaired) electrons. The van der Waals surface area contributed by atoms with Crippen LogP contribution in [0, 0.1) is 0 Å². The number of hydrazine groups is 1. The Morgan fingerprint density at radius 1 is 1.22 bits per heavy atom. The first kappa shape index (κ1) is 14.9. The van der Waals surface area contributed by atoms with Crippen LogP contribution in [0.4, 0.5) is 0 Å². The summed E-state index contributed by atoms with van der Waals surface area (Å²) in [6.07, 6.45) is 3.74. The molecule has 6 heteroatoms. The van der Waals surface area contributed by atoms with Crippen LogP contribution in [0.5, 0.6) is 0 Å². The van der Waals surface area contributed by atoms with Crippen LogP contribution in [-0.4, -0.2) is 41.9 Å². The number of nitrogens with zero attached hydrogens (tertiary/aromatic N) is 1. The Morgan fingerprint density at radius 2 is 1.83 bits per heavy atom. The lowest BCUT2D eigenvalue weighted by Gasteiger charge is -2.38. The van der Waals surface area contributed by atoms with Gasteiger partial charge in [0.25, 0.3) is 0 Å². The zero-order valence-corrected chi connectivity index (χ0v) is 11.2. The minimum absolute atomic E-state index is 0.0274. The first-order valence-electron chi connectivity index (χ1n) is 6.56. The van der Waals surface area contributed by atoms with Crippen molar-refractivity contribution < 1.29 is 9.59 Å². The molecule has 0 aliphatic carbocycles. The number of amides is 2. The van der Waals surface area contributed by atoms with Gasteiger partial charge in [0.15, 0.2) is 0 Å². The Balaban J connectivity index is 2.28. The second-order valence-electron chi connectivity index (χ2n) is 4.97. The number of hydrogen-bond acceptors (Lipinski definition) is 4. The third-order valence-corrected chi connectivity index (χ3v) is 3.54. The van der Waals surface area contributed by atoms with E-state index < -0.39 is 0 Å². The molecule has 1 aliphatic rings. The van der Waals surface area contributed by atoms with E-state index in [9.17, 15) is 9.59 Å². The summed E-state index contributed by atoms with van der Waals surface area (Å²) >= 11 is 0. The highest BCUT2D eigenvalue weighted by atomic mass is 16.2. The van der Waals surface area contributed by atoms with Crippen LogP contribution in [0.2, 0.25) is 0 Å². The lowest BCUT2D eigenvalue weighted by Crippen LogP contribution is -2.49. The smallest absolute Gasteiger partial charge is 0.235 e. The first-order valence-corrected chi connectivity index (χ1v) is 6.56. The standard InChI is InChI=1S/C12H24N4O2/c1-9-4-3-5-10(2)16(9)8-12(18)14-7-6-11(17)15-13/h9-10H,3-8,13H2,1-2H3,(H,14,18)(H,15,17)/t9-,10+/i1+1,9+1,10+1,14+1/m0/s1. The van der Waals surface area contributed by atoms with Crippen LogP contribution >= 0.6 is 0 Å². The molecular formula is C12H24N4O2. The van der Waals surface area contributed by atoms with Gasteiger partial charge in [-0.25, -0.2) is 5.84 Å². The molecule has 1 fully saturated rings. The Bertz CT molecular complexity index is 286. The third-order valence-electron chi connectivity index (χ3n) is 3.54. The van der Waals surface area contributed by atoms with E-state index in [0.717, 1.165) is 12.8 Å². The fraction of sp³-hybridized carbons (Fsp3) is 0.833. The number of carbonyl (C=O) groups excluding carboxylic acids is 2. The molecule has 1 saturated heterocycles. The summed E-state index contributed by atoms with van der Waals surface area (Å²) in [5.74, 6) is 4.66. The van der Waals surface area contributed by atoms with Crippen molar-refractivity contribution >= 4 is 11.8 Å². The molecule has 0 aromatic rings. The lowest BCUT2D eigenvalue weighted by atomic mass is 10.2. The van der Waals surface area contributed by atoms with Gasteiger partial charge in [-0.2, -0.15) is 0 Å². The van der Waals surface area contributed by atoms with Crippen molar-refractivity contribution in [1.82, 2.24) is 15.6 Å². The van der Waals surface area contributed by atoms with Crippen molar-refractivity contribution in [3.63, 3.8) is 0 Å². The van der Waals surface area contributed by atoms with E-state index in [1.54, 1.807) is 0 Å². The summed E-state index contributed by atoms with van der Waals surface area (Å²) in [7, 11) is 0. The quantitative estimate of drug-likeness (QED) is 0.209. The maximum atomic E-state index is 11.8. The molecule has 6 nitrogen and oxygen atoms in total. The molecule has 0 unspecified atom stereocenters. The highest BCUT2D eigenvalue weighted by molar-refractivity contribution is 5.79. The largest absolute Gasteiger partial charge is 0.354 e. The summed E-state index contributed by atoms with van der Waals surface area (Å²) in [6.45, 7) is 5.06. The molecular weight excluding hydrogens is 236 g/mol. The normalized spacial score (nSPS) is 24.6. The van der Waals surface area contributed by atoms with Crippen LogP contribution < -0.4 is 16.6 Å². The predicted molar refractivity (Wildman–Crippen MR) is 69.4 cm³/mol. The first-order chi connectivity index (χ1) is 8.54. The third kappa shape index (κ3) is 4.62. The average Bonchev–Trinajstić information content (AvgIpc) is 2.34. The van der Waals surface area contributed by atoms with Gasteiger partial charge in [0.1, 0.15) is 0 Å². The molecule has 2 amide bonds. The number of rotatable bonds is 5. The van der Waals surface area contributed by atoms with Gasteiger partial charge in [-0.15, -0.1) is 0 Å². The van der Waals surface area contributed by atoms with Crippen molar-refractivity contribution in [3.8, 4) is 0 Å². The highest BCUT2D eigenvalue weighted by Crippen LogP contribution is 2.21. The van der Waals surface area contributed by atoms with Crippen LogP contribution in [0.15, 0.2) is 0 Å².